The summed E-state index contributed by atoms with van der Waals surface area (Å²) >= 11 is 0. The van der Waals surface area contributed by atoms with Gasteiger partial charge in [0.15, 0.2) is 0 Å². The van der Waals surface area contributed by atoms with Gasteiger partial charge in [0, 0.05) is 13.2 Å². The van der Waals surface area contributed by atoms with E-state index in [9.17, 15) is 4.79 Å². The highest BCUT2D eigenvalue weighted by Crippen LogP contribution is 2.12. The second-order valence-electron chi connectivity index (χ2n) is 2.84. The van der Waals surface area contributed by atoms with Crippen molar-refractivity contribution in [3.63, 3.8) is 0 Å². The van der Waals surface area contributed by atoms with Crippen LogP contribution in [-0.2, 0) is 18.3 Å². The highest BCUT2D eigenvalue weighted by Gasteiger charge is 2.05. The maximum atomic E-state index is 10.5. The van der Waals surface area contributed by atoms with Gasteiger partial charge in [-0.3, -0.25) is 9.48 Å². The minimum atomic E-state index is -0.370. The SMILES string of the molecule is CCc1nn(C)cc1NCC(N)=O. The van der Waals surface area contributed by atoms with Crippen LogP contribution in [-0.4, -0.2) is 22.2 Å². The summed E-state index contributed by atoms with van der Waals surface area (Å²) in [5.74, 6) is -0.370. The lowest BCUT2D eigenvalue weighted by atomic mass is 10.3. The van der Waals surface area contributed by atoms with Crippen LogP contribution < -0.4 is 11.1 Å². The van der Waals surface area contributed by atoms with Crippen LogP contribution in [0.1, 0.15) is 12.6 Å². The molecule has 13 heavy (non-hydrogen) atoms. The predicted octanol–water partition coefficient (Wildman–Crippen LogP) is -0.120. The normalized spacial score (nSPS) is 10.0. The van der Waals surface area contributed by atoms with Crippen molar-refractivity contribution >= 4 is 11.6 Å². The first-order valence-electron chi connectivity index (χ1n) is 4.18. The quantitative estimate of drug-likeness (QED) is 0.681. The minimum absolute atomic E-state index is 0.151. The molecular formula is C8H14N4O. The molecule has 5 nitrogen and oxygen atoms in total. The van der Waals surface area contributed by atoms with E-state index in [1.165, 1.54) is 0 Å². The molecule has 0 aromatic carbocycles. The van der Waals surface area contributed by atoms with Crippen LogP contribution in [0.4, 0.5) is 5.69 Å². The molecule has 0 fully saturated rings. The number of aromatic nitrogens is 2. The van der Waals surface area contributed by atoms with Crippen LogP contribution in [0.15, 0.2) is 6.20 Å². The van der Waals surface area contributed by atoms with E-state index in [-0.39, 0.29) is 12.5 Å². The van der Waals surface area contributed by atoms with Crippen LogP contribution in [0.5, 0.6) is 0 Å². The summed E-state index contributed by atoms with van der Waals surface area (Å²) in [6.07, 6.45) is 2.67. The fourth-order valence-electron chi connectivity index (χ4n) is 1.13. The smallest absolute Gasteiger partial charge is 0.236 e. The molecule has 1 heterocycles. The van der Waals surface area contributed by atoms with Crippen molar-refractivity contribution in [2.24, 2.45) is 12.8 Å². The number of anilines is 1. The number of aryl methyl sites for hydroxylation is 2. The fraction of sp³-hybridized carbons (Fsp3) is 0.500. The van der Waals surface area contributed by atoms with Crippen molar-refractivity contribution in [2.45, 2.75) is 13.3 Å². The molecule has 0 saturated heterocycles. The van der Waals surface area contributed by atoms with Gasteiger partial charge in [0.05, 0.1) is 17.9 Å². The summed E-state index contributed by atoms with van der Waals surface area (Å²) in [5, 5.41) is 7.14. The van der Waals surface area contributed by atoms with Crippen LogP contribution in [0.25, 0.3) is 0 Å². The number of amides is 1. The molecular weight excluding hydrogens is 168 g/mol. The minimum Gasteiger partial charge on any atom is -0.373 e. The standard InChI is InChI=1S/C8H14N4O/c1-3-6-7(5-12(2)11-6)10-4-8(9)13/h5,10H,3-4H2,1-2H3,(H2,9,13). The molecule has 1 amide bonds. The molecule has 0 saturated carbocycles. The Kier molecular flexibility index (Phi) is 2.89. The Morgan fingerprint density at radius 3 is 3.00 bits per heavy atom. The van der Waals surface area contributed by atoms with Gasteiger partial charge in [-0.25, -0.2) is 0 Å². The van der Waals surface area contributed by atoms with Crippen molar-refractivity contribution in [2.75, 3.05) is 11.9 Å². The molecule has 72 valence electrons. The van der Waals surface area contributed by atoms with E-state index in [0.717, 1.165) is 17.8 Å². The number of hydrogen-bond donors (Lipinski definition) is 2. The van der Waals surface area contributed by atoms with Crippen molar-refractivity contribution in [1.82, 2.24) is 9.78 Å². The van der Waals surface area contributed by atoms with E-state index < -0.39 is 0 Å². The molecule has 0 atom stereocenters. The van der Waals surface area contributed by atoms with E-state index in [2.05, 4.69) is 10.4 Å². The van der Waals surface area contributed by atoms with Gasteiger partial charge in [-0.2, -0.15) is 5.10 Å². The van der Waals surface area contributed by atoms with Crippen LogP contribution >= 0.6 is 0 Å². The van der Waals surface area contributed by atoms with Crippen molar-refractivity contribution in [3.05, 3.63) is 11.9 Å². The number of primary amides is 1. The first kappa shape index (κ1) is 9.57. The van der Waals surface area contributed by atoms with E-state index in [4.69, 9.17) is 5.73 Å². The fourth-order valence-corrected chi connectivity index (χ4v) is 1.13. The number of nitrogens with one attached hydrogen (secondary N) is 1. The van der Waals surface area contributed by atoms with Gasteiger partial charge in [0.1, 0.15) is 0 Å². The summed E-state index contributed by atoms with van der Waals surface area (Å²) in [4.78, 5) is 10.5. The van der Waals surface area contributed by atoms with Crippen molar-refractivity contribution in [1.29, 1.82) is 0 Å². The second kappa shape index (κ2) is 3.93. The molecule has 1 aromatic rings. The summed E-state index contributed by atoms with van der Waals surface area (Å²) in [6.45, 7) is 2.16. The maximum Gasteiger partial charge on any atom is 0.236 e. The van der Waals surface area contributed by atoms with E-state index in [0.29, 0.717) is 0 Å². The largest absolute Gasteiger partial charge is 0.373 e. The number of hydrogen-bond acceptors (Lipinski definition) is 3. The summed E-state index contributed by atoms with van der Waals surface area (Å²) in [5.41, 5.74) is 6.84. The third kappa shape index (κ3) is 2.47. The zero-order valence-electron chi connectivity index (χ0n) is 7.87. The molecule has 1 aromatic heterocycles. The maximum absolute atomic E-state index is 10.5. The third-order valence-electron chi connectivity index (χ3n) is 1.69. The highest BCUT2D eigenvalue weighted by atomic mass is 16.1. The van der Waals surface area contributed by atoms with Crippen LogP contribution in [0, 0.1) is 0 Å². The molecule has 3 N–H and O–H groups in total. The molecule has 0 aliphatic carbocycles. The van der Waals surface area contributed by atoms with Gasteiger partial charge in [0.2, 0.25) is 5.91 Å². The van der Waals surface area contributed by atoms with Gasteiger partial charge < -0.3 is 11.1 Å². The monoisotopic (exact) mass is 182 g/mol. The second-order valence-corrected chi connectivity index (χ2v) is 2.84. The molecule has 0 unspecified atom stereocenters. The number of rotatable bonds is 4. The average Bonchev–Trinajstić information content (AvgIpc) is 2.42. The van der Waals surface area contributed by atoms with E-state index in [1.807, 2.05) is 20.2 Å². The van der Waals surface area contributed by atoms with E-state index >= 15 is 0 Å². The molecule has 0 aliphatic heterocycles. The zero-order valence-corrected chi connectivity index (χ0v) is 7.87. The number of carbonyl (C=O) groups is 1. The Morgan fingerprint density at radius 2 is 2.46 bits per heavy atom. The number of carbonyl (C=O) groups excluding carboxylic acids is 1. The van der Waals surface area contributed by atoms with Gasteiger partial charge in [-0.05, 0) is 6.42 Å². The Balaban J connectivity index is 2.69. The van der Waals surface area contributed by atoms with Gasteiger partial charge >= 0.3 is 0 Å². The first-order valence-corrected chi connectivity index (χ1v) is 4.18. The molecule has 1 rings (SSSR count). The average molecular weight is 182 g/mol. The first-order chi connectivity index (χ1) is 6.13. The lowest BCUT2D eigenvalue weighted by Crippen LogP contribution is -2.22. The Bertz CT molecular complexity index is 305. The van der Waals surface area contributed by atoms with Gasteiger partial charge in [-0.1, -0.05) is 6.92 Å². The summed E-state index contributed by atoms with van der Waals surface area (Å²) in [6, 6.07) is 0. The van der Waals surface area contributed by atoms with Crippen LogP contribution in [0.3, 0.4) is 0 Å². The Hall–Kier alpha value is -1.52. The van der Waals surface area contributed by atoms with Crippen LogP contribution in [0.2, 0.25) is 0 Å². The molecule has 0 bridgehead atoms. The Morgan fingerprint density at radius 1 is 1.77 bits per heavy atom. The van der Waals surface area contributed by atoms with Gasteiger partial charge in [0.25, 0.3) is 0 Å². The third-order valence-corrected chi connectivity index (χ3v) is 1.69. The predicted molar refractivity (Wildman–Crippen MR) is 50.3 cm³/mol. The molecule has 0 aliphatic rings. The van der Waals surface area contributed by atoms with Gasteiger partial charge in [-0.15, -0.1) is 0 Å². The lowest BCUT2D eigenvalue weighted by molar-refractivity contribution is -0.116. The molecule has 0 spiro atoms. The van der Waals surface area contributed by atoms with E-state index in [1.54, 1.807) is 4.68 Å². The van der Waals surface area contributed by atoms with Crippen molar-refractivity contribution < 1.29 is 4.79 Å². The summed E-state index contributed by atoms with van der Waals surface area (Å²) in [7, 11) is 1.84. The lowest BCUT2D eigenvalue weighted by Gasteiger charge is -2.00. The highest BCUT2D eigenvalue weighted by molar-refractivity contribution is 5.78. The zero-order chi connectivity index (χ0) is 9.84. The Labute approximate surface area is 76.9 Å². The molecule has 0 radical (unpaired) electrons. The summed E-state index contributed by atoms with van der Waals surface area (Å²) < 4.78 is 1.71. The van der Waals surface area contributed by atoms with Crippen molar-refractivity contribution in [3.8, 4) is 0 Å². The topological polar surface area (TPSA) is 72.9 Å². The number of nitrogens with two attached hydrogens (primary N) is 1. The molecule has 5 heteroatoms. The number of nitrogens with zero attached hydrogens (tertiary/aromatic N) is 2.